The summed E-state index contributed by atoms with van der Waals surface area (Å²) in [6.07, 6.45) is 1.04. The van der Waals surface area contributed by atoms with Crippen LogP contribution in [0.4, 0.5) is 0 Å². The third-order valence-electron chi connectivity index (χ3n) is 4.61. The maximum absolute atomic E-state index is 3.64. The summed E-state index contributed by atoms with van der Waals surface area (Å²) in [4.78, 5) is 1.42. The molecule has 4 heteroatoms. The highest BCUT2D eigenvalue weighted by atomic mass is 79.9. The van der Waals surface area contributed by atoms with Crippen molar-refractivity contribution in [3.05, 3.63) is 112 Å². The van der Waals surface area contributed by atoms with E-state index in [-0.39, 0.29) is 17.0 Å². The quantitative estimate of drug-likeness (QED) is 0.357. The molecule has 1 heterocycles. The lowest BCUT2D eigenvalue weighted by atomic mass is 10.4. The molecule has 0 N–H and O–H groups in total. The second kappa shape index (κ2) is 9.30. The van der Waals surface area contributed by atoms with E-state index in [4.69, 9.17) is 0 Å². The minimum Gasteiger partial charge on any atom is -1.00 e. The summed E-state index contributed by atoms with van der Waals surface area (Å²) in [5, 5.41) is 4.30. The molecule has 0 aliphatic heterocycles. The van der Waals surface area contributed by atoms with Crippen molar-refractivity contribution in [3.8, 4) is 0 Å². The molecule has 3 aromatic carbocycles. The lowest BCUT2D eigenvalue weighted by Gasteiger charge is -2.27. The SMILES string of the molecule is Brc1ccc(C[P+](c2ccccc2)(c2ccccc2)c2ccccc2)s1.[Br-]. The summed E-state index contributed by atoms with van der Waals surface area (Å²) in [6.45, 7) is 0. The Morgan fingerprint density at radius 3 is 1.33 bits per heavy atom. The van der Waals surface area contributed by atoms with Crippen LogP contribution >= 0.6 is 34.5 Å². The van der Waals surface area contributed by atoms with Crippen molar-refractivity contribution in [1.29, 1.82) is 0 Å². The number of rotatable bonds is 5. The number of hydrogen-bond donors (Lipinski definition) is 0. The standard InChI is InChI=1S/C23H19BrPS.BrH/c24-23-17-16-22(26-23)18-25(19-10-4-1-5-11-19,20-12-6-2-7-13-20)21-14-8-3-9-15-21;/h1-17H,18H2;1H/q+1;/p-1. The molecular weight excluding hydrogens is 499 g/mol. The van der Waals surface area contributed by atoms with Gasteiger partial charge in [0.05, 0.1) is 3.79 Å². The Bertz CT molecular complexity index is 872. The van der Waals surface area contributed by atoms with Crippen LogP contribution in [0.25, 0.3) is 0 Å². The third kappa shape index (κ3) is 4.27. The topological polar surface area (TPSA) is 0 Å². The Balaban J connectivity index is 0.00000210. The van der Waals surface area contributed by atoms with Crippen LogP contribution in [-0.4, -0.2) is 0 Å². The number of halogens is 2. The van der Waals surface area contributed by atoms with E-state index in [0.29, 0.717) is 0 Å². The van der Waals surface area contributed by atoms with Crippen LogP contribution in [0.2, 0.25) is 0 Å². The van der Waals surface area contributed by atoms with E-state index in [0.717, 1.165) is 6.16 Å². The molecule has 0 saturated heterocycles. The van der Waals surface area contributed by atoms with Crippen LogP contribution in [0.5, 0.6) is 0 Å². The maximum atomic E-state index is 3.64. The Hall–Kier alpha value is -1.25. The van der Waals surface area contributed by atoms with Gasteiger partial charge < -0.3 is 17.0 Å². The predicted molar refractivity (Wildman–Crippen MR) is 121 cm³/mol. The van der Waals surface area contributed by atoms with Crippen molar-refractivity contribution >= 4 is 50.4 Å². The molecule has 1 aromatic heterocycles. The molecule has 0 aliphatic carbocycles. The second-order valence-corrected chi connectivity index (χ2v) is 12.2. The minimum absolute atomic E-state index is 0. The molecule has 0 saturated carbocycles. The third-order valence-corrected chi connectivity index (χ3v) is 10.8. The van der Waals surface area contributed by atoms with Gasteiger partial charge in [0.1, 0.15) is 29.3 Å². The fourth-order valence-corrected chi connectivity index (χ4v) is 9.62. The number of benzene rings is 3. The first-order valence-electron chi connectivity index (χ1n) is 8.58. The zero-order valence-electron chi connectivity index (χ0n) is 14.6. The highest BCUT2D eigenvalue weighted by Gasteiger charge is 2.45. The molecular formula is C23H19Br2PS. The van der Waals surface area contributed by atoms with Crippen LogP contribution < -0.4 is 32.9 Å². The van der Waals surface area contributed by atoms with Gasteiger partial charge in [-0.25, -0.2) is 0 Å². The van der Waals surface area contributed by atoms with Gasteiger partial charge in [-0.2, -0.15) is 0 Å². The van der Waals surface area contributed by atoms with Crippen LogP contribution in [0, 0.1) is 0 Å². The van der Waals surface area contributed by atoms with Crippen molar-refractivity contribution in [1.82, 2.24) is 0 Å². The molecule has 0 nitrogen and oxygen atoms in total. The summed E-state index contributed by atoms with van der Waals surface area (Å²) in [5.41, 5.74) is 0. The number of hydrogen-bond acceptors (Lipinski definition) is 1. The monoisotopic (exact) mass is 516 g/mol. The highest BCUT2D eigenvalue weighted by Crippen LogP contribution is 2.58. The van der Waals surface area contributed by atoms with Gasteiger partial charge in [0.2, 0.25) is 0 Å². The largest absolute Gasteiger partial charge is 1.00 e. The fraction of sp³-hybridized carbons (Fsp3) is 0.0435. The van der Waals surface area contributed by atoms with E-state index >= 15 is 0 Å². The van der Waals surface area contributed by atoms with Crippen molar-refractivity contribution in [2.45, 2.75) is 6.16 Å². The van der Waals surface area contributed by atoms with Gasteiger partial charge in [-0.1, -0.05) is 54.6 Å². The summed E-state index contributed by atoms with van der Waals surface area (Å²) in [6, 6.07) is 37.6. The average Bonchev–Trinajstić information content (AvgIpc) is 3.13. The van der Waals surface area contributed by atoms with E-state index in [1.54, 1.807) is 0 Å². The zero-order valence-corrected chi connectivity index (χ0v) is 19.5. The molecule has 0 spiro atoms. The molecule has 0 fully saturated rings. The lowest BCUT2D eigenvalue weighted by Crippen LogP contribution is -3.00. The lowest BCUT2D eigenvalue weighted by molar-refractivity contribution is -0.00000482. The first-order chi connectivity index (χ1) is 12.8. The van der Waals surface area contributed by atoms with Crippen molar-refractivity contribution in [2.75, 3.05) is 0 Å². The second-order valence-electron chi connectivity index (χ2n) is 6.18. The molecule has 0 radical (unpaired) electrons. The zero-order chi connectivity index (χ0) is 17.8. The molecule has 0 aliphatic rings. The van der Waals surface area contributed by atoms with Gasteiger partial charge in [-0.15, -0.1) is 11.3 Å². The smallest absolute Gasteiger partial charge is 0.117 e. The van der Waals surface area contributed by atoms with Gasteiger partial charge in [0.25, 0.3) is 0 Å². The van der Waals surface area contributed by atoms with Crippen LogP contribution in [0.15, 0.2) is 107 Å². The summed E-state index contributed by atoms with van der Waals surface area (Å²) in [5.74, 6) is 0. The summed E-state index contributed by atoms with van der Waals surface area (Å²) < 4.78 is 1.19. The molecule has 27 heavy (non-hydrogen) atoms. The van der Waals surface area contributed by atoms with Crippen LogP contribution in [-0.2, 0) is 6.16 Å². The van der Waals surface area contributed by atoms with Gasteiger partial charge in [0, 0.05) is 4.88 Å². The Morgan fingerprint density at radius 1 is 0.593 bits per heavy atom. The average molecular weight is 518 g/mol. The molecule has 4 rings (SSSR count). The molecule has 4 aromatic rings. The summed E-state index contributed by atoms with van der Waals surface area (Å²) in [7, 11) is -1.77. The van der Waals surface area contributed by atoms with Crippen molar-refractivity contribution < 1.29 is 17.0 Å². The first-order valence-corrected chi connectivity index (χ1v) is 12.2. The van der Waals surface area contributed by atoms with E-state index in [9.17, 15) is 0 Å². The molecule has 136 valence electrons. The van der Waals surface area contributed by atoms with E-state index < -0.39 is 7.26 Å². The normalized spacial score (nSPS) is 11.0. The maximum Gasteiger partial charge on any atom is 0.117 e. The van der Waals surface area contributed by atoms with Crippen molar-refractivity contribution in [3.63, 3.8) is 0 Å². The molecule has 0 bridgehead atoms. The Labute approximate surface area is 184 Å². The van der Waals surface area contributed by atoms with Crippen LogP contribution in [0.1, 0.15) is 4.88 Å². The first kappa shape index (κ1) is 20.5. The van der Waals surface area contributed by atoms with Gasteiger partial charge >= 0.3 is 0 Å². The fourth-order valence-electron chi connectivity index (χ4n) is 3.44. The number of thiophene rings is 1. The van der Waals surface area contributed by atoms with E-state index in [1.807, 2.05) is 11.3 Å². The van der Waals surface area contributed by atoms with Gasteiger partial charge in [-0.3, -0.25) is 0 Å². The van der Waals surface area contributed by atoms with Crippen LogP contribution in [0.3, 0.4) is 0 Å². The predicted octanol–water partition coefficient (Wildman–Crippen LogP) is 3.01. The highest BCUT2D eigenvalue weighted by molar-refractivity contribution is 9.11. The molecule has 0 atom stereocenters. The molecule has 0 unspecified atom stereocenters. The van der Waals surface area contributed by atoms with Crippen molar-refractivity contribution in [2.24, 2.45) is 0 Å². The van der Waals surface area contributed by atoms with Gasteiger partial charge in [-0.05, 0) is 64.5 Å². The minimum atomic E-state index is -1.77. The molecule has 0 amide bonds. The van der Waals surface area contributed by atoms with E-state index in [2.05, 4.69) is 119 Å². The Morgan fingerprint density at radius 2 is 1.00 bits per heavy atom. The Kier molecular flexibility index (Phi) is 7.05. The summed E-state index contributed by atoms with van der Waals surface area (Å²) >= 11 is 5.48. The van der Waals surface area contributed by atoms with Gasteiger partial charge in [0.15, 0.2) is 0 Å². The van der Waals surface area contributed by atoms with E-state index in [1.165, 1.54) is 24.6 Å².